The molecule has 0 atom stereocenters. The van der Waals surface area contributed by atoms with Crippen LogP contribution < -0.4 is 5.73 Å². The van der Waals surface area contributed by atoms with Crippen molar-refractivity contribution < 1.29 is 15.0 Å². The van der Waals surface area contributed by atoms with Gasteiger partial charge in [-0.1, -0.05) is 41.5 Å². The van der Waals surface area contributed by atoms with Crippen LogP contribution in [-0.4, -0.2) is 37.5 Å². The first kappa shape index (κ1) is 20.9. The number of hydrogen-bond acceptors (Lipinski definition) is 5. The molecule has 2 aromatic rings. The molecule has 0 bridgehead atoms. The molecule has 0 saturated carbocycles. The van der Waals surface area contributed by atoms with Crippen molar-refractivity contribution in [2.45, 2.75) is 65.3 Å². The van der Waals surface area contributed by atoms with Crippen LogP contribution in [0.15, 0.2) is 12.1 Å². The number of aromatic hydroxyl groups is 1. The van der Waals surface area contributed by atoms with E-state index in [1.807, 2.05) is 53.7 Å². The van der Waals surface area contributed by atoms with E-state index in [0.29, 0.717) is 11.6 Å². The van der Waals surface area contributed by atoms with Crippen LogP contribution in [-0.2, 0) is 28.6 Å². The Bertz CT molecular complexity index is 807. The summed E-state index contributed by atoms with van der Waals surface area (Å²) < 4.78 is 1.57. The highest BCUT2D eigenvalue weighted by Gasteiger charge is 2.28. The summed E-state index contributed by atoms with van der Waals surface area (Å²) in [6.07, 6.45) is -0.0677. The average molecular weight is 374 g/mol. The van der Waals surface area contributed by atoms with E-state index in [2.05, 4.69) is 10.1 Å². The summed E-state index contributed by atoms with van der Waals surface area (Å²) in [5, 5.41) is 24.6. The molecule has 0 fully saturated rings. The highest BCUT2D eigenvalue weighted by molar-refractivity contribution is 5.76. The largest absolute Gasteiger partial charge is 0.507 e. The van der Waals surface area contributed by atoms with E-state index < -0.39 is 5.91 Å². The van der Waals surface area contributed by atoms with E-state index in [9.17, 15) is 15.0 Å². The zero-order chi connectivity index (χ0) is 20.6. The normalized spacial score (nSPS) is 12.4. The van der Waals surface area contributed by atoms with Crippen LogP contribution >= 0.6 is 0 Å². The smallest absolute Gasteiger partial charge is 0.225 e. The van der Waals surface area contributed by atoms with Crippen molar-refractivity contribution >= 4 is 5.91 Å². The van der Waals surface area contributed by atoms with Crippen LogP contribution in [0.2, 0.25) is 0 Å². The minimum Gasteiger partial charge on any atom is -0.507 e. The Balaban J connectivity index is 2.74. The fourth-order valence-electron chi connectivity index (χ4n) is 2.99. The van der Waals surface area contributed by atoms with E-state index in [1.54, 1.807) is 4.68 Å². The first-order valence-corrected chi connectivity index (χ1v) is 9.06. The van der Waals surface area contributed by atoms with Gasteiger partial charge in [0.15, 0.2) is 11.6 Å². The van der Waals surface area contributed by atoms with Gasteiger partial charge in [0, 0.05) is 16.7 Å². The quantitative estimate of drug-likeness (QED) is 0.743. The second-order valence-corrected chi connectivity index (χ2v) is 8.86. The second-order valence-electron chi connectivity index (χ2n) is 8.86. The second kappa shape index (κ2) is 7.31. The molecule has 27 heavy (non-hydrogen) atoms. The molecule has 2 rings (SSSR count). The summed E-state index contributed by atoms with van der Waals surface area (Å²) >= 11 is 0. The van der Waals surface area contributed by atoms with Crippen molar-refractivity contribution in [3.05, 3.63) is 29.1 Å². The first-order chi connectivity index (χ1) is 12.3. The highest BCUT2D eigenvalue weighted by Crippen LogP contribution is 2.41. The first-order valence-electron chi connectivity index (χ1n) is 9.06. The average Bonchev–Trinajstić information content (AvgIpc) is 2.87. The molecule has 0 aliphatic heterocycles. The Hall–Kier alpha value is -2.41. The van der Waals surface area contributed by atoms with Crippen molar-refractivity contribution in [3.63, 3.8) is 0 Å². The fraction of sp³-hybridized carbons (Fsp3) is 0.550. The number of nitrogens with zero attached hydrogens (tertiary/aromatic N) is 3. The molecule has 0 aliphatic carbocycles. The molecule has 0 unspecified atom stereocenters. The van der Waals surface area contributed by atoms with Gasteiger partial charge in [0.25, 0.3) is 0 Å². The molecular formula is C20H30N4O3. The minimum atomic E-state index is -0.515. The maximum Gasteiger partial charge on any atom is 0.225 e. The van der Waals surface area contributed by atoms with E-state index >= 15 is 0 Å². The number of carbonyl (C=O) groups excluding carboxylic acids is 1. The lowest BCUT2D eigenvalue weighted by molar-refractivity contribution is -0.117. The summed E-state index contributed by atoms with van der Waals surface area (Å²) in [4.78, 5) is 15.7. The number of amides is 1. The Labute approximate surface area is 160 Å². The van der Waals surface area contributed by atoms with Crippen LogP contribution in [0.25, 0.3) is 11.4 Å². The number of aliphatic hydroxyl groups is 1. The van der Waals surface area contributed by atoms with Gasteiger partial charge < -0.3 is 15.9 Å². The molecule has 7 heteroatoms. The number of aliphatic hydroxyl groups excluding tert-OH is 1. The molecule has 1 aromatic carbocycles. The lowest BCUT2D eigenvalue weighted by Crippen LogP contribution is -2.18. The van der Waals surface area contributed by atoms with Crippen LogP contribution in [0.5, 0.6) is 5.75 Å². The van der Waals surface area contributed by atoms with Crippen molar-refractivity contribution in [2.24, 2.45) is 5.73 Å². The fourth-order valence-corrected chi connectivity index (χ4v) is 2.99. The zero-order valence-electron chi connectivity index (χ0n) is 17.0. The van der Waals surface area contributed by atoms with Crippen molar-refractivity contribution in [1.29, 1.82) is 0 Å². The molecule has 0 aliphatic rings. The number of rotatable bonds is 5. The third-order valence-electron chi connectivity index (χ3n) is 4.34. The van der Waals surface area contributed by atoms with Gasteiger partial charge in [0.2, 0.25) is 5.91 Å². The van der Waals surface area contributed by atoms with E-state index in [-0.39, 0.29) is 36.2 Å². The predicted octanol–water partition coefficient (Wildman–Crippen LogP) is 2.27. The van der Waals surface area contributed by atoms with Crippen LogP contribution in [0, 0.1) is 0 Å². The number of aromatic nitrogens is 3. The number of phenols is 1. The van der Waals surface area contributed by atoms with Gasteiger partial charge in [-0.25, -0.2) is 9.67 Å². The number of primary amides is 1. The van der Waals surface area contributed by atoms with Gasteiger partial charge in [0.1, 0.15) is 5.75 Å². The van der Waals surface area contributed by atoms with Gasteiger partial charge in [-0.3, -0.25) is 4.79 Å². The van der Waals surface area contributed by atoms with E-state index in [4.69, 9.17) is 5.73 Å². The van der Waals surface area contributed by atoms with Gasteiger partial charge in [0.05, 0.1) is 19.6 Å². The maximum absolute atomic E-state index is 11.2. The summed E-state index contributed by atoms with van der Waals surface area (Å²) in [5.74, 6) is 0.619. The molecule has 4 N–H and O–H groups in total. The van der Waals surface area contributed by atoms with Crippen molar-refractivity contribution in [1.82, 2.24) is 14.8 Å². The van der Waals surface area contributed by atoms with Crippen LogP contribution in [0.3, 0.4) is 0 Å². The van der Waals surface area contributed by atoms with Crippen LogP contribution in [0.1, 0.15) is 58.5 Å². The maximum atomic E-state index is 11.2. The molecule has 0 radical (unpaired) electrons. The van der Waals surface area contributed by atoms with E-state index in [0.717, 1.165) is 16.7 Å². The van der Waals surface area contributed by atoms with Crippen molar-refractivity contribution in [2.75, 3.05) is 6.61 Å². The van der Waals surface area contributed by atoms with Crippen LogP contribution in [0.4, 0.5) is 0 Å². The molecule has 1 heterocycles. The lowest BCUT2D eigenvalue weighted by atomic mass is 9.78. The minimum absolute atomic E-state index is 0.0677. The summed E-state index contributed by atoms with van der Waals surface area (Å²) in [6.45, 7) is 12.4. The van der Waals surface area contributed by atoms with E-state index in [1.165, 1.54) is 0 Å². The SMILES string of the molecule is CC(C)(C)c1cc(-c2nc(CC(N)=O)nn2CCO)cc(C(C)(C)C)c1O. The molecular weight excluding hydrogens is 344 g/mol. The molecule has 148 valence electrons. The van der Waals surface area contributed by atoms with Crippen molar-refractivity contribution in [3.8, 4) is 17.1 Å². The van der Waals surface area contributed by atoms with Gasteiger partial charge in [-0.05, 0) is 23.0 Å². The topological polar surface area (TPSA) is 114 Å². The Morgan fingerprint density at radius 3 is 2.04 bits per heavy atom. The Kier molecular flexibility index (Phi) is 5.65. The summed E-state index contributed by atoms with van der Waals surface area (Å²) in [5.41, 5.74) is 7.10. The van der Waals surface area contributed by atoms with Gasteiger partial charge >= 0.3 is 0 Å². The third-order valence-corrected chi connectivity index (χ3v) is 4.34. The Morgan fingerprint density at radius 1 is 1.11 bits per heavy atom. The zero-order valence-corrected chi connectivity index (χ0v) is 17.0. The molecule has 7 nitrogen and oxygen atoms in total. The number of phenolic OH excluding ortho intramolecular Hbond substituents is 1. The number of carbonyl (C=O) groups is 1. The third kappa shape index (κ3) is 4.66. The standard InChI is InChI=1S/C20H30N4O3/c1-19(2,3)13-9-12(10-14(17(13)27)20(4,5)6)18-22-16(11-15(21)26)23-24(18)7-8-25/h9-10,25,27H,7-8,11H2,1-6H3,(H2,21,26). The molecule has 0 saturated heterocycles. The number of hydrogen-bond donors (Lipinski definition) is 3. The predicted molar refractivity (Wildman–Crippen MR) is 105 cm³/mol. The lowest BCUT2D eigenvalue weighted by Gasteiger charge is -2.28. The van der Waals surface area contributed by atoms with Gasteiger partial charge in [-0.15, -0.1) is 0 Å². The monoisotopic (exact) mass is 374 g/mol. The highest BCUT2D eigenvalue weighted by atomic mass is 16.3. The number of nitrogens with two attached hydrogens (primary N) is 1. The van der Waals surface area contributed by atoms with Gasteiger partial charge in [-0.2, -0.15) is 5.10 Å². The molecule has 0 spiro atoms. The molecule has 1 amide bonds. The summed E-state index contributed by atoms with van der Waals surface area (Å²) in [6, 6.07) is 3.80. The molecule has 1 aromatic heterocycles. The number of benzene rings is 1. The Morgan fingerprint density at radius 2 is 1.63 bits per heavy atom. The summed E-state index contributed by atoms with van der Waals surface area (Å²) in [7, 11) is 0.